The molecule has 1 saturated heterocycles. The molecule has 1 rings (SSSR count). The van der Waals surface area contributed by atoms with E-state index in [1.807, 2.05) is 6.92 Å². The van der Waals surface area contributed by atoms with E-state index in [2.05, 4.69) is 24.1 Å². The largest absolute Gasteiger partial charge is 0.380 e. The summed E-state index contributed by atoms with van der Waals surface area (Å²) in [6.45, 7) is 11.6. The summed E-state index contributed by atoms with van der Waals surface area (Å²) in [5, 5.41) is 3.45. The van der Waals surface area contributed by atoms with Crippen molar-refractivity contribution in [3.8, 4) is 0 Å². The van der Waals surface area contributed by atoms with Gasteiger partial charge in [0.2, 0.25) is 0 Å². The van der Waals surface area contributed by atoms with Gasteiger partial charge in [-0.3, -0.25) is 4.90 Å². The van der Waals surface area contributed by atoms with Gasteiger partial charge in [0.05, 0.1) is 6.61 Å². The number of hydrogen-bond donors (Lipinski definition) is 1. The Balaban J connectivity index is 2.06. The van der Waals surface area contributed by atoms with Gasteiger partial charge in [-0.1, -0.05) is 6.92 Å². The van der Waals surface area contributed by atoms with Gasteiger partial charge in [-0.25, -0.2) is 0 Å². The van der Waals surface area contributed by atoms with Gasteiger partial charge < -0.3 is 10.1 Å². The molecule has 1 heterocycles. The Morgan fingerprint density at radius 3 is 2.75 bits per heavy atom. The monoisotopic (exact) mass is 228 g/mol. The number of hydrogen-bond acceptors (Lipinski definition) is 3. The summed E-state index contributed by atoms with van der Waals surface area (Å²) in [5.41, 5.74) is 0. The van der Waals surface area contributed by atoms with Crippen LogP contribution < -0.4 is 5.32 Å². The van der Waals surface area contributed by atoms with Crippen molar-refractivity contribution in [2.24, 2.45) is 0 Å². The Morgan fingerprint density at radius 1 is 1.25 bits per heavy atom. The predicted octanol–water partition coefficient (Wildman–Crippen LogP) is 1.88. The van der Waals surface area contributed by atoms with Gasteiger partial charge in [-0.15, -0.1) is 0 Å². The third-order valence-electron chi connectivity index (χ3n) is 3.60. The van der Waals surface area contributed by atoms with Crippen molar-refractivity contribution in [2.45, 2.75) is 52.1 Å². The zero-order valence-corrected chi connectivity index (χ0v) is 11.2. The minimum Gasteiger partial charge on any atom is -0.380 e. The summed E-state index contributed by atoms with van der Waals surface area (Å²) < 4.78 is 5.29. The molecule has 0 aromatic carbocycles. The fourth-order valence-corrected chi connectivity index (χ4v) is 2.59. The predicted molar refractivity (Wildman–Crippen MR) is 68.8 cm³/mol. The summed E-state index contributed by atoms with van der Waals surface area (Å²) in [6.07, 6.45) is 4.05. The van der Waals surface area contributed by atoms with Crippen LogP contribution in [0.25, 0.3) is 0 Å². The lowest BCUT2D eigenvalue weighted by Crippen LogP contribution is -2.39. The van der Waals surface area contributed by atoms with Crippen LogP contribution in [0.5, 0.6) is 0 Å². The Morgan fingerprint density at radius 2 is 2.06 bits per heavy atom. The first-order chi connectivity index (χ1) is 7.79. The average molecular weight is 228 g/mol. The topological polar surface area (TPSA) is 24.5 Å². The van der Waals surface area contributed by atoms with Crippen LogP contribution in [0.1, 0.15) is 40.0 Å². The maximum absolute atomic E-state index is 5.29. The van der Waals surface area contributed by atoms with Gasteiger partial charge in [-0.2, -0.15) is 0 Å². The fraction of sp³-hybridized carbons (Fsp3) is 1.00. The lowest BCUT2D eigenvalue weighted by atomic mass is 10.1. The van der Waals surface area contributed by atoms with Gasteiger partial charge in [0.15, 0.2) is 0 Å². The van der Waals surface area contributed by atoms with E-state index in [0.717, 1.165) is 38.4 Å². The van der Waals surface area contributed by atoms with E-state index >= 15 is 0 Å². The molecular weight excluding hydrogens is 200 g/mol. The first-order valence-corrected chi connectivity index (χ1v) is 6.83. The van der Waals surface area contributed by atoms with E-state index in [0.29, 0.717) is 0 Å². The summed E-state index contributed by atoms with van der Waals surface area (Å²) in [6, 6.07) is 1.60. The highest BCUT2D eigenvalue weighted by Gasteiger charge is 2.28. The van der Waals surface area contributed by atoms with E-state index in [4.69, 9.17) is 4.74 Å². The first-order valence-electron chi connectivity index (χ1n) is 6.83. The molecule has 0 bridgehead atoms. The second-order valence-electron chi connectivity index (χ2n) is 4.67. The molecule has 2 unspecified atom stereocenters. The van der Waals surface area contributed by atoms with E-state index in [1.54, 1.807) is 0 Å². The normalized spacial score (nSPS) is 26.4. The van der Waals surface area contributed by atoms with Crippen LogP contribution in [0.15, 0.2) is 0 Å². The van der Waals surface area contributed by atoms with Crippen LogP contribution in [0.4, 0.5) is 0 Å². The summed E-state index contributed by atoms with van der Waals surface area (Å²) >= 11 is 0. The fourth-order valence-electron chi connectivity index (χ4n) is 2.59. The molecule has 1 aliphatic rings. The van der Waals surface area contributed by atoms with Crippen LogP contribution >= 0.6 is 0 Å². The van der Waals surface area contributed by atoms with Crippen LogP contribution in [-0.2, 0) is 4.74 Å². The summed E-state index contributed by atoms with van der Waals surface area (Å²) in [7, 11) is 0. The Bertz CT molecular complexity index is 175. The minimum absolute atomic E-state index is 0.777. The lowest BCUT2D eigenvalue weighted by molar-refractivity contribution is 0.146. The SMILES string of the molecule is CCOCCNCCN1C(C)CCC1CC. The number of likely N-dealkylation sites (tertiary alicyclic amines) is 1. The maximum Gasteiger partial charge on any atom is 0.0590 e. The second kappa shape index (κ2) is 8.04. The number of nitrogens with one attached hydrogen (secondary N) is 1. The summed E-state index contributed by atoms with van der Waals surface area (Å²) in [5.74, 6) is 0. The van der Waals surface area contributed by atoms with E-state index < -0.39 is 0 Å². The molecule has 16 heavy (non-hydrogen) atoms. The Hall–Kier alpha value is -0.120. The van der Waals surface area contributed by atoms with Crippen molar-refractivity contribution in [1.82, 2.24) is 10.2 Å². The van der Waals surface area contributed by atoms with Gasteiger partial charge >= 0.3 is 0 Å². The average Bonchev–Trinajstić information content (AvgIpc) is 2.65. The van der Waals surface area contributed by atoms with Crippen molar-refractivity contribution in [3.05, 3.63) is 0 Å². The maximum atomic E-state index is 5.29. The van der Waals surface area contributed by atoms with E-state index in [1.165, 1.54) is 25.8 Å². The van der Waals surface area contributed by atoms with Gasteiger partial charge in [0.1, 0.15) is 0 Å². The number of ether oxygens (including phenoxy) is 1. The lowest BCUT2D eigenvalue weighted by Gasteiger charge is -2.27. The molecule has 0 aromatic rings. The van der Waals surface area contributed by atoms with Gasteiger partial charge in [0, 0.05) is 38.3 Å². The van der Waals surface area contributed by atoms with E-state index in [-0.39, 0.29) is 0 Å². The highest BCUT2D eigenvalue weighted by molar-refractivity contribution is 4.84. The van der Waals surface area contributed by atoms with Crippen LogP contribution in [0.2, 0.25) is 0 Å². The quantitative estimate of drug-likeness (QED) is 0.642. The Labute approximate surface area is 101 Å². The molecule has 0 radical (unpaired) electrons. The molecular formula is C13H28N2O. The Kier molecular flexibility index (Phi) is 7.01. The molecule has 2 atom stereocenters. The molecule has 96 valence electrons. The molecule has 1 aliphatic heterocycles. The zero-order chi connectivity index (χ0) is 11.8. The van der Waals surface area contributed by atoms with Crippen molar-refractivity contribution < 1.29 is 4.74 Å². The van der Waals surface area contributed by atoms with Gasteiger partial charge in [0.25, 0.3) is 0 Å². The molecule has 0 spiro atoms. The second-order valence-corrected chi connectivity index (χ2v) is 4.67. The molecule has 0 aromatic heterocycles. The third-order valence-corrected chi connectivity index (χ3v) is 3.60. The zero-order valence-electron chi connectivity index (χ0n) is 11.2. The van der Waals surface area contributed by atoms with Crippen LogP contribution in [0.3, 0.4) is 0 Å². The minimum atomic E-state index is 0.777. The first kappa shape index (κ1) is 13.9. The molecule has 0 saturated carbocycles. The highest BCUT2D eigenvalue weighted by atomic mass is 16.5. The molecule has 0 aliphatic carbocycles. The molecule has 3 nitrogen and oxygen atoms in total. The van der Waals surface area contributed by atoms with Crippen molar-refractivity contribution in [2.75, 3.05) is 32.8 Å². The standard InChI is InChI=1S/C13H28N2O/c1-4-13-7-6-12(3)15(13)10-8-14-9-11-16-5-2/h12-14H,4-11H2,1-3H3. The number of rotatable bonds is 8. The van der Waals surface area contributed by atoms with Crippen molar-refractivity contribution in [1.29, 1.82) is 0 Å². The molecule has 1 fully saturated rings. The van der Waals surface area contributed by atoms with E-state index in [9.17, 15) is 0 Å². The highest BCUT2D eigenvalue weighted by Crippen LogP contribution is 2.24. The number of nitrogens with zero attached hydrogens (tertiary/aromatic N) is 1. The van der Waals surface area contributed by atoms with Crippen molar-refractivity contribution in [3.63, 3.8) is 0 Å². The van der Waals surface area contributed by atoms with Crippen LogP contribution in [-0.4, -0.2) is 49.8 Å². The van der Waals surface area contributed by atoms with Crippen molar-refractivity contribution >= 4 is 0 Å². The molecule has 1 N–H and O–H groups in total. The molecule has 0 amide bonds. The molecule has 3 heteroatoms. The third kappa shape index (κ3) is 4.40. The summed E-state index contributed by atoms with van der Waals surface area (Å²) in [4.78, 5) is 2.66. The smallest absolute Gasteiger partial charge is 0.0590 e. The van der Waals surface area contributed by atoms with Gasteiger partial charge in [-0.05, 0) is 33.1 Å². The van der Waals surface area contributed by atoms with Crippen LogP contribution in [0, 0.1) is 0 Å².